The molecule has 1 N–H and O–H groups in total. The minimum absolute atomic E-state index is 0.233. The second-order valence-corrected chi connectivity index (χ2v) is 7.38. The number of nitrogens with one attached hydrogen (secondary N) is 1. The molecule has 2 heterocycles. The van der Waals surface area contributed by atoms with E-state index in [0.717, 1.165) is 22.6 Å². The summed E-state index contributed by atoms with van der Waals surface area (Å²) in [5, 5.41) is 3.39. The first-order valence-corrected chi connectivity index (χ1v) is 9.95. The second kappa shape index (κ2) is 9.15. The number of hydrogen-bond donors (Lipinski definition) is 1. The van der Waals surface area contributed by atoms with Crippen LogP contribution in [0.15, 0.2) is 73.2 Å². The molecule has 0 radical (unpaired) electrons. The van der Waals surface area contributed by atoms with Gasteiger partial charge in [0.25, 0.3) is 5.91 Å². The number of amides is 1. The first-order chi connectivity index (χ1) is 14.7. The highest BCUT2D eigenvalue weighted by atomic mass is 32.1. The van der Waals surface area contributed by atoms with Gasteiger partial charge in [-0.15, -0.1) is 11.3 Å². The van der Waals surface area contributed by atoms with E-state index in [1.54, 1.807) is 56.0 Å². The minimum Gasteiger partial charge on any atom is -0.497 e. The number of anilines is 1. The Hall–Kier alpha value is -3.78. The Labute approximate surface area is 177 Å². The molecule has 0 bridgehead atoms. The molecule has 7 nitrogen and oxygen atoms in total. The molecule has 4 rings (SSSR count). The number of thiazole rings is 1. The molecule has 0 atom stereocenters. The summed E-state index contributed by atoms with van der Waals surface area (Å²) >= 11 is 1.45. The van der Waals surface area contributed by atoms with Gasteiger partial charge < -0.3 is 9.47 Å². The zero-order chi connectivity index (χ0) is 20.8. The van der Waals surface area contributed by atoms with Crippen LogP contribution in [0.1, 0.15) is 20.8 Å². The van der Waals surface area contributed by atoms with Crippen LogP contribution < -0.4 is 14.8 Å². The van der Waals surface area contributed by atoms with Crippen molar-refractivity contribution in [3.63, 3.8) is 0 Å². The number of methoxy groups -OCH3 is 1. The van der Waals surface area contributed by atoms with Crippen molar-refractivity contribution in [2.45, 2.75) is 6.42 Å². The van der Waals surface area contributed by atoms with Gasteiger partial charge >= 0.3 is 6.01 Å². The predicted molar refractivity (Wildman–Crippen MR) is 114 cm³/mol. The highest BCUT2D eigenvalue weighted by Crippen LogP contribution is 2.23. The lowest BCUT2D eigenvalue weighted by molar-refractivity contribution is 0.102. The summed E-state index contributed by atoms with van der Waals surface area (Å²) in [5.74, 6) is 1.14. The fraction of sp³-hybridized carbons (Fsp3) is 0.0909. The van der Waals surface area contributed by atoms with Crippen LogP contribution >= 0.6 is 11.3 Å². The third-order valence-corrected chi connectivity index (χ3v) is 5.09. The number of carbonyl (C=O) groups excluding carboxylic acids is 1. The van der Waals surface area contributed by atoms with Crippen LogP contribution in [0, 0.1) is 0 Å². The summed E-state index contributed by atoms with van der Waals surface area (Å²) in [4.78, 5) is 25.9. The van der Waals surface area contributed by atoms with Gasteiger partial charge in [0.1, 0.15) is 11.5 Å². The van der Waals surface area contributed by atoms with Gasteiger partial charge in [0.05, 0.1) is 7.11 Å². The first kappa shape index (κ1) is 19.5. The van der Waals surface area contributed by atoms with Crippen molar-refractivity contribution in [3.8, 4) is 17.5 Å². The van der Waals surface area contributed by atoms with Crippen LogP contribution in [0.25, 0.3) is 0 Å². The van der Waals surface area contributed by atoms with Gasteiger partial charge in [0.15, 0.2) is 5.13 Å². The molecule has 0 spiro atoms. The van der Waals surface area contributed by atoms with Gasteiger partial charge in [-0.3, -0.25) is 10.1 Å². The molecular formula is C22H18N4O3S. The topological polar surface area (TPSA) is 86.2 Å². The molecule has 4 aromatic rings. The SMILES string of the molecule is COc1ccc(Cc2cnc(NC(=O)c3ccc(Oc4ncccn4)cc3)s2)cc1. The van der Waals surface area contributed by atoms with Crippen molar-refractivity contribution >= 4 is 22.4 Å². The van der Waals surface area contributed by atoms with Crippen LogP contribution in [-0.4, -0.2) is 28.0 Å². The Morgan fingerprint density at radius 3 is 2.37 bits per heavy atom. The van der Waals surface area contributed by atoms with Crippen molar-refractivity contribution in [1.82, 2.24) is 15.0 Å². The van der Waals surface area contributed by atoms with E-state index >= 15 is 0 Å². The van der Waals surface area contributed by atoms with Crippen molar-refractivity contribution in [3.05, 3.63) is 89.2 Å². The van der Waals surface area contributed by atoms with Crippen LogP contribution in [0.2, 0.25) is 0 Å². The molecule has 0 fully saturated rings. The van der Waals surface area contributed by atoms with Crippen LogP contribution in [0.5, 0.6) is 17.5 Å². The Bertz CT molecular complexity index is 1110. The largest absolute Gasteiger partial charge is 0.497 e. The standard InChI is InChI=1S/C22H18N4O3S/c1-28-17-7-3-15(4-8-17)13-19-14-25-22(30-19)26-20(27)16-5-9-18(10-6-16)29-21-23-11-2-12-24-21/h2-12,14H,13H2,1H3,(H,25,26,27). The number of hydrogen-bond acceptors (Lipinski definition) is 7. The minimum atomic E-state index is -0.233. The Balaban J connectivity index is 1.35. The summed E-state index contributed by atoms with van der Waals surface area (Å²) in [6, 6.07) is 16.6. The number of nitrogens with zero attached hydrogens (tertiary/aromatic N) is 3. The van der Waals surface area contributed by atoms with E-state index in [-0.39, 0.29) is 11.9 Å². The maximum Gasteiger partial charge on any atom is 0.321 e. The van der Waals surface area contributed by atoms with E-state index < -0.39 is 0 Å². The monoisotopic (exact) mass is 418 g/mol. The molecule has 2 aromatic carbocycles. The average Bonchev–Trinajstić information content (AvgIpc) is 3.22. The molecule has 0 saturated heterocycles. The summed E-state index contributed by atoms with van der Waals surface area (Å²) in [6.45, 7) is 0. The number of aromatic nitrogens is 3. The molecule has 0 aliphatic carbocycles. The third kappa shape index (κ3) is 4.98. The van der Waals surface area contributed by atoms with E-state index in [1.165, 1.54) is 11.3 Å². The lowest BCUT2D eigenvalue weighted by Crippen LogP contribution is -2.11. The molecule has 2 aromatic heterocycles. The molecule has 150 valence electrons. The highest BCUT2D eigenvalue weighted by Gasteiger charge is 2.10. The van der Waals surface area contributed by atoms with Gasteiger partial charge in [-0.2, -0.15) is 0 Å². The zero-order valence-corrected chi connectivity index (χ0v) is 16.9. The van der Waals surface area contributed by atoms with Gasteiger partial charge in [-0.05, 0) is 48.0 Å². The van der Waals surface area contributed by atoms with Crippen molar-refractivity contribution in [2.24, 2.45) is 0 Å². The number of ether oxygens (including phenoxy) is 2. The van der Waals surface area contributed by atoms with E-state index in [4.69, 9.17) is 9.47 Å². The molecule has 0 unspecified atom stereocenters. The number of benzene rings is 2. The van der Waals surface area contributed by atoms with Gasteiger partial charge in [-0.25, -0.2) is 15.0 Å². The average molecular weight is 418 g/mol. The van der Waals surface area contributed by atoms with Crippen LogP contribution in [0.4, 0.5) is 5.13 Å². The Kier molecular flexibility index (Phi) is 5.95. The van der Waals surface area contributed by atoms with E-state index in [0.29, 0.717) is 16.4 Å². The van der Waals surface area contributed by atoms with Gasteiger partial charge in [0, 0.05) is 35.5 Å². The molecule has 8 heteroatoms. The Morgan fingerprint density at radius 2 is 1.67 bits per heavy atom. The molecule has 0 aliphatic heterocycles. The normalized spacial score (nSPS) is 10.4. The lowest BCUT2D eigenvalue weighted by Gasteiger charge is -2.05. The maximum atomic E-state index is 12.5. The summed E-state index contributed by atoms with van der Waals surface area (Å²) < 4.78 is 10.7. The number of rotatable bonds is 7. The van der Waals surface area contributed by atoms with Crippen LogP contribution in [0.3, 0.4) is 0 Å². The smallest absolute Gasteiger partial charge is 0.321 e. The third-order valence-electron chi connectivity index (χ3n) is 4.18. The number of carbonyl (C=O) groups is 1. The summed E-state index contributed by atoms with van der Waals surface area (Å²) in [7, 11) is 1.64. The molecule has 0 aliphatic rings. The van der Waals surface area contributed by atoms with Crippen LogP contribution in [-0.2, 0) is 6.42 Å². The highest BCUT2D eigenvalue weighted by molar-refractivity contribution is 7.15. The maximum absolute atomic E-state index is 12.5. The van der Waals surface area contributed by atoms with E-state index in [2.05, 4.69) is 20.3 Å². The lowest BCUT2D eigenvalue weighted by atomic mass is 10.1. The second-order valence-electron chi connectivity index (χ2n) is 6.27. The van der Waals surface area contributed by atoms with E-state index in [9.17, 15) is 4.79 Å². The fourth-order valence-electron chi connectivity index (χ4n) is 2.68. The van der Waals surface area contributed by atoms with Crippen molar-refractivity contribution < 1.29 is 14.3 Å². The summed E-state index contributed by atoms with van der Waals surface area (Å²) in [6.07, 6.45) is 5.72. The van der Waals surface area contributed by atoms with Crippen molar-refractivity contribution in [1.29, 1.82) is 0 Å². The predicted octanol–water partition coefficient (Wildman–Crippen LogP) is 4.58. The first-order valence-electron chi connectivity index (χ1n) is 9.13. The Morgan fingerprint density at radius 1 is 0.967 bits per heavy atom. The quantitative estimate of drug-likeness (QED) is 0.473. The van der Waals surface area contributed by atoms with Gasteiger partial charge in [0.2, 0.25) is 0 Å². The molecular weight excluding hydrogens is 400 g/mol. The molecule has 0 saturated carbocycles. The van der Waals surface area contributed by atoms with Gasteiger partial charge in [-0.1, -0.05) is 12.1 Å². The molecule has 30 heavy (non-hydrogen) atoms. The van der Waals surface area contributed by atoms with Crippen molar-refractivity contribution in [2.75, 3.05) is 12.4 Å². The summed E-state index contributed by atoms with van der Waals surface area (Å²) in [5.41, 5.74) is 1.65. The zero-order valence-electron chi connectivity index (χ0n) is 16.1. The fourth-order valence-corrected chi connectivity index (χ4v) is 3.52. The van der Waals surface area contributed by atoms with E-state index in [1.807, 2.05) is 24.3 Å². The molecule has 1 amide bonds.